The largest absolute Gasteiger partial charge is 0.321 e. The average Bonchev–Trinajstić information content (AvgIpc) is 3.53. The number of rotatable bonds is 7. The molecule has 2 aromatic heterocycles. The summed E-state index contributed by atoms with van der Waals surface area (Å²) in [6.45, 7) is 2.04. The van der Waals surface area contributed by atoms with Crippen molar-refractivity contribution < 1.29 is 9.59 Å². The maximum absolute atomic E-state index is 13.4. The molecule has 174 valence electrons. The van der Waals surface area contributed by atoms with Crippen molar-refractivity contribution in [2.24, 2.45) is 0 Å². The molecule has 5 nitrogen and oxygen atoms in total. The van der Waals surface area contributed by atoms with Gasteiger partial charge in [0.2, 0.25) is 5.91 Å². The fourth-order valence-electron chi connectivity index (χ4n) is 3.54. The van der Waals surface area contributed by atoms with Crippen LogP contribution in [0, 0.1) is 6.92 Å². The zero-order valence-corrected chi connectivity index (χ0v) is 21.2. The molecule has 0 radical (unpaired) electrons. The van der Waals surface area contributed by atoms with Crippen LogP contribution >= 0.6 is 34.4 Å². The second kappa shape index (κ2) is 10.4. The van der Waals surface area contributed by atoms with Gasteiger partial charge in [0.05, 0.1) is 15.1 Å². The van der Waals surface area contributed by atoms with E-state index in [1.54, 1.807) is 6.07 Å². The number of nitrogens with zero attached hydrogens (tertiary/aromatic N) is 1. The third-order valence-corrected chi connectivity index (χ3v) is 8.26. The Morgan fingerprint density at radius 3 is 2.57 bits per heavy atom. The third kappa shape index (κ3) is 5.62. The van der Waals surface area contributed by atoms with Gasteiger partial charge in [-0.25, -0.2) is 4.98 Å². The van der Waals surface area contributed by atoms with Crippen LogP contribution in [-0.2, 0) is 4.79 Å². The summed E-state index contributed by atoms with van der Waals surface area (Å²) in [5.41, 5.74) is 3.60. The SMILES string of the molecule is Cc1ccc2nc(NC(=O)C(Sc3cccc(NC(=O)c4cccs4)c3)c3ccccc3)sc2c1. The quantitative estimate of drug-likeness (QED) is 0.222. The fraction of sp³-hybridized carbons (Fsp3) is 0.0741. The number of carbonyl (C=O) groups excluding carboxylic acids is 2. The zero-order chi connectivity index (χ0) is 24.2. The molecule has 0 saturated heterocycles. The van der Waals surface area contributed by atoms with E-state index in [1.807, 2.05) is 85.1 Å². The van der Waals surface area contributed by atoms with E-state index in [0.717, 1.165) is 26.2 Å². The Morgan fingerprint density at radius 2 is 1.77 bits per heavy atom. The fourth-order valence-corrected chi connectivity index (χ4v) is 6.21. The van der Waals surface area contributed by atoms with Crippen LogP contribution in [0.1, 0.15) is 26.0 Å². The molecule has 1 atom stereocenters. The molecule has 0 fully saturated rings. The van der Waals surface area contributed by atoms with E-state index in [0.29, 0.717) is 15.7 Å². The summed E-state index contributed by atoms with van der Waals surface area (Å²) in [6, 6.07) is 26.9. The van der Waals surface area contributed by atoms with E-state index in [-0.39, 0.29) is 11.8 Å². The maximum atomic E-state index is 13.4. The molecule has 2 amide bonds. The lowest BCUT2D eigenvalue weighted by Gasteiger charge is -2.17. The molecule has 0 aliphatic carbocycles. The molecular formula is C27H21N3O2S3. The normalized spacial score (nSPS) is 11.8. The minimum Gasteiger partial charge on any atom is -0.321 e. The van der Waals surface area contributed by atoms with Gasteiger partial charge in [-0.05, 0) is 59.8 Å². The molecule has 0 aliphatic heterocycles. The van der Waals surface area contributed by atoms with E-state index in [1.165, 1.54) is 34.4 Å². The smallest absolute Gasteiger partial charge is 0.265 e. The Hall–Kier alpha value is -3.46. The van der Waals surface area contributed by atoms with Gasteiger partial charge in [-0.3, -0.25) is 9.59 Å². The number of carbonyl (C=O) groups is 2. The number of thiophene rings is 1. The van der Waals surface area contributed by atoms with Gasteiger partial charge >= 0.3 is 0 Å². The number of hydrogen-bond acceptors (Lipinski definition) is 6. The highest BCUT2D eigenvalue weighted by Gasteiger charge is 2.23. The molecule has 2 N–H and O–H groups in total. The van der Waals surface area contributed by atoms with Crippen LogP contribution in [0.3, 0.4) is 0 Å². The molecule has 1 unspecified atom stereocenters. The minimum absolute atomic E-state index is 0.148. The summed E-state index contributed by atoms with van der Waals surface area (Å²) in [6.07, 6.45) is 0. The Kier molecular flexibility index (Phi) is 6.94. The van der Waals surface area contributed by atoms with Gasteiger partial charge in [0.25, 0.3) is 5.91 Å². The summed E-state index contributed by atoms with van der Waals surface area (Å²) in [5.74, 6) is -0.296. The lowest BCUT2D eigenvalue weighted by molar-refractivity contribution is -0.115. The van der Waals surface area contributed by atoms with Gasteiger partial charge in [0.15, 0.2) is 5.13 Å². The van der Waals surface area contributed by atoms with Crippen molar-refractivity contribution in [2.75, 3.05) is 10.6 Å². The van der Waals surface area contributed by atoms with Crippen molar-refractivity contribution in [3.63, 3.8) is 0 Å². The first-order valence-electron chi connectivity index (χ1n) is 10.9. The van der Waals surface area contributed by atoms with Crippen LogP contribution in [0.4, 0.5) is 10.8 Å². The Morgan fingerprint density at radius 1 is 0.914 bits per heavy atom. The molecule has 5 rings (SSSR count). The summed E-state index contributed by atoms with van der Waals surface area (Å²) < 4.78 is 1.04. The van der Waals surface area contributed by atoms with Gasteiger partial charge in [0, 0.05) is 10.6 Å². The number of hydrogen-bond donors (Lipinski definition) is 2. The summed E-state index contributed by atoms with van der Waals surface area (Å²) in [5, 5.41) is 7.91. The number of thioether (sulfide) groups is 1. The molecule has 3 aromatic carbocycles. The van der Waals surface area contributed by atoms with Crippen LogP contribution in [0.15, 0.2) is 95.2 Å². The number of thiazole rings is 1. The molecule has 0 saturated carbocycles. The number of amides is 2. The number of nitrogens with one attached hydrogen (secondary N) is 2. The lowest BCUT2D eigenvalue weighted by Crippen LogP contribution is -2.19. The van der Waals surface area contributed by atoms with Crippen LogP contribution < -0.4 is 10.6 Å². The van der Waals surface area contributed by atoms with E-state index in [4.69, 9.17) is 0 Å². The molecule has 2 heterocycles. The lowest BCUT2D eigenvalue weighted by atomic mass is 10.1. The van der Waals surface area contributed by atoms with E-state index in [9.17, 15) is 9.59 Å². The summed E-state index contributed by atoms with van der Waals surface area (Å²) in [7, 11) is 0. The summed E-state index contributed by atoms with van der Waals surface area (Å²) in [4.78, 5) is 32.0. The molecule has 0 bridgehead atoms. The van der Waals surface area contributed by atoms with Gasteiger partial charge in [-0.2, -0.15) is 0 Å². The molecule has 5 aromatic rings. The van der Waals surface area contributed by atoms with E-state index >= 15 is 0 Å². The van der Waals surface area contributed by atoms with Crippen molar-refractivity contribution >= 4 is 67.3 Å². The van der Waals surface area contributed by atoms with Crippen LogP contribution in [-0.4, -0.2) is 16.8 Å². The molecule has 0 aliphatic rings. The molecule has 0 spiro atoms. The molecule has 35 heavy (non-hydrogen) atoms. The first kappa shape index (κ1) is 23.3. The Balaban J connectivity index is 1.37. The highest BCUT2D eigenvalue weighted by atomic mass is 32.2. The highest BCUT2D eigenvalue weighted by Crippen LogP contribution is 2.38. The number of aryl methyl sites for hydroxylation is 1. The monoisotopic (exact) mass is 515 g/mol. The van der Waals surface area contributed by atoms with Crippen molar-refractivity contribution in [3.05, 3.63) is 106 Å². The van der Waals surface area contributed by atoms with E-state index in [2.05, 4.69) is 21.7 Å². The minimum atomic E-state index is -0.492. The number of fused-ring (bicyclic) bond motifs is 1. The topological polar surface area (TPSA) is 71.1 Å². The highest BCUT2D eigenvalue weighted by molar-refractivity contribution is 8.00. The Bertz CT molecular complexity index is 1480. The van der Waals surface area contributed by atoms with Gasteiger partial charge in [-0.1, -0.05) is 59.9 Å². The predicted molar refractivity (Wildman–Crippen MR) is 147 cm³/mol. The van der Waals surface area contributed by atoms with Gasteiger partial charge in [-0.15, -0.1) is 23.1 Å². The predicted octanol–water partition coefficient (Wildman–Crippen LogP) is 7.39. The zero-order valence-electron chi connectivity index (χ0n) is 18.7. The summed E-state index contributed by atoms with van der Waals surface area (Å²) >= 11 is 4.30. The first-order chi connectivity index (χ1) is 17.0. The van der Waals surface area contributed by atoms with Crippen LogP contribution in [0.5, 0.6) is 0 Å². The third-order valence-electron chi connectivity index (χ3n) is 5.21. The molecular weight excluding hydrogens is 495 g/mol. The number of benzene rings is 3. The second-order valence-electron chi connectivity index (χ2n) is 7.85. The van der Waals surface area contributed by atoms with Crippen molar-refractivity contribution in [2.45, 2.75) is 17.1 Å². The van der Waals surface area contributed by atoms with Crippen molar-refractivity contribution in [1.29, 1.82) is 0 Å². The first-order valence-corrected chi connectivity index (χ1v) is 13.5. The van der Waals surface area contributed by atoms with E-state index < -0.39 is 5.25 Å². The van der Waals surface area contributed by atoms with Crippen molar-refractivity contribution in [1.82, 2.24) is 4.98 Å². The number of anilines is 2. The van der Waals surface area contributed by atoms with Crippen LogP contribution in [0.2, 0.25) is 0 Å². The molecule has 8 heteroatoms. The standard InChI is InChI=1S/C27H21N3O2S3/c1-17-12-13-21-23(15-17)35-27(29-21)30-26(32)24(18-7-3-2-4-8-18)34-20-10-5-9-19(16-20)28-25(31)22-11-6-14-33-22/h2-16,24H,1H3,(H,28,31)(H,29,30,32). The van der Waals surface area contributed by atoms with Crippen molar-refractivity contribution in [3.8, 4) is 0 Å². The van der Waals surface area contributed by atoms with Gasteiger partial charge in [0.1, 0.15) is 5.25 Å². The van der Waals surface area contributed by atoms with Gasteiger partial charge < -0.3 is 10.6 Å². The Labute approximate surface area is 215 Å². The van der Waals surface area contributed by atoms with Crippen LogP contribution in [0.25, 0.3) is 10.2 Å². The number of aromatic nitrogens is 1. The second-order valence-corrected chi connectivity index (χ2v) is 11.0. The average molecular weight is 516 g/mol. The maximum Gasteiger partial charge on any atom is 0.265 e.